The fourth-order valence-electron chi connectivity index (χ4n) is 5.62. The van der Waals surface area contributed by atoms with Gasteiger partial charge in [0.15, 0.2) is 0 Å². The third-order valence-electron chi connectivity index (χ3n) is 7.56. The van der Waals surface area contributed by atoms with Crippen molar-refractivity contribution in [3.63, 3.8) is 0 Å². The Morgan fingerprint density at radius 3 is 2.27 bits per heavy atom. The summed E-state index contributed by atoms with van der Waals surface area (Å²) >= 11 is 0. The van der Waals surface area contributed by atoms with Crippen LogP contribution in [0.3, 0.4) is 0 Å². The largest absolute Gasteiger partial charge is 0.478 e. The molecule has 182 valence electrons. The standard InChI is InChI=1S/C28H42N2O3/c1-7-8-9-24(20-10-12-21(13-11-20)26(32)33)30-25(31)23(18-19(2)3)29-28(30)16-14-22(15-17-28)27(4,5)6/h10-13,19,22,24H,7-9,14-18H2,1-6H3,(H,32,33)/t22?,24-,28?/m1/s1. The third kappa shape index (κ3) is 5.50. The minimum absolute atomic E-state index is 0.0834. The van der Waals surface area contributed by atoms with E-state index in [1.165, 1.54) is 0 Å². The van der Waals surface area contributed by atoms with Crippen molar-refractivity contribution < 1.29 is 14.7 Å². The van der Waals surface area contributed by atoms with Gasteiger partial charge < -0.3 is 10.0 Å². The Hall–Kier alpha value is -2.17. The normalized spacial score (nSPS) is 24.5. The van der Waals surface area contributed by atoms with Gasteiger partial charge in [-0.1, -0.05) is 66.5 Å². The highest BCUT2D eigenvalue weighted by molar-refractivity contribution is 6.40. The van der Waals surface area contributed by atoms with Crippen LogP contribution in [0.1, 0.15) is 115 Å². The summed E-state index contributed by atoms with van der Waals surface area (Å²) in [6.45, 7) is 13.4. The van der Waals surface area contributed by atoms with Crippen LogP contribution in [0.4, 0.5) is 0 Å². The van der Waals surface area contributed by atoms with Crippen molar-refractivity contribution in [2.45, 2.75) is 105 Å². The number of amides is 1. The molecule has 1 atom stereocenters. The van der Waals surface area contributed by atoms with Gasteiger partial charge >= 0.3 is 5.97 Å². The average molecular weight is 455 g/mol. The minimum Gasteiger partial charge on any atom is -0.478 e. The summed E-state index contributed by atoms with van der Waals surface area (Å²) in [7, 11) is 0. The van der Waals surface area contributed by atoms with Crippen molar-refractivity contribution in [2.24, 2.45) is 22.2 Å². The maximum absolute atomic E-state index is 13.8. The second-order valence-corrected chi connectivity index (χ2v) is 11.5. The van der Waals surface area contributed by atoms with Gasteiger partial charge in [-0.25, -0.2) is 4.79 Å². The lowest BCUT2D eigenvalue weighted by Crippen LogP contribution is -2.51. The van der Waals surface area contributed by atoms with Crippen LogP contribution in [-0.2, 0) is 4.79 Å². The molecule has 1 aliphatic heterocycles. The molecule has 1 fully saturated rings. The van der Waals surface area contributed by atoms with Crippen LogP contribution < -0.4 is 0 Å². The van der Waals surface area contributed by atoms with Crippen LogP contribution >= 0.6 is 0 Å². The van der Waals surface area contributed by atoms with E-state index in [2.05, 4.69) is 46.4 Å². The highest BCUT2D eigenvalue weighted by Gasteiger charge is 2.52. The van der Waals surface area contributed by atoms with Gasteiger partial charge in [-0.05, 0) is 73.5 Å². The number of carboxylic acid groups (broad SMARTS) is 1. The Morgan fingerprint density at radius 1 is 1.18 bits per heavy atom. The van der Waals surface area contributed by atoms with Gasteiger partial charge in [-0.2, -0.15) is 0 Å². The minimum atomic E-state index is -0.927. The van der Waals surface area contributed by atoms with Crippen LogP contribution in [0.25, 0.3) is 0 Å². The highest BCUT2D eigenvalue weighted by Crippen LogP contribution is 2.49. The van der Waals surface area contributed by atoms with E-state index in [1.54, 1.807) is 12.1 Å². The molecule has 1 aromatic carbocycles. The molecular formula is C28H42N2O3. The Balaban J connectivity index is 2.00. The molecule has 2 aliphatic rings. The number of carboxylic acids is 1. The van der Waals surface area contributed by atoms with E-state index in [4.69, 9.17) is 4.99 Å². The molecule has 1 N–H and O–H groups in total. The summed E-state index contributed by atoms with van der Waals surface area (Å²) in [6, 6.07) is 7.03. The monoisotopic (exact) mass is 454 g/mol. The van der Waals surface area contributed by atoms with E-state index in [0.29, 0.717) is 18.3 Å². The molecule has 3 rings (SSSR count). The van der Waals surface area contributed by atoms with Gasteiger partial charge in [0.2, 0.25) is 0 Å². The second-order valence-electron chi connectivity index (χ2n) is 11.5. The zero-order valence-corrected chi connectivity index (χ0v) is 21.4. The van der Waals surface area contributed by atoms with Crippen molar-refractivity contribution in [1.29, 1.82) is 0 Å². The Bertz CT molecular complexity index is 871. The SMILES string of the molecule is CCCC[C@H](c1ccc(C(=O)O)cc1)N1C(=O)C(CC(C)C)=NC12CCC(C(C)(C)C)CC2. The number of nitrogens with zero attached hydrogens (tertiary/aromatic N) is 2. The van der Waals surface area contributed by atoms with Gasteiger partial charge in [-0.15, -0.1) is 0 Å². The molecule has 0 radical (unpaired) electrons. The molecular weight excluding hydrogens is 412 g/mol. The fourth-order valence-corrected chi connectivity index (χ4v) is 5.62. The van der Waals surface area contributed by atoms with Gasteiger partial charge in [0.25, 0.3) is 5.91 Å². The van der Waals surface area contributed by atoms with Crippen LogP contribution in [-0.4, -0.2) is 33.3 Å². The molecule has 5 nitrogen and oxygen atoms in total. The Morgan fingerprint density at radius 2 is 1.79 bits per heavy atom. The summed E-state index contributed by atoms with van der Waals surface area (Å²) in [6.07, 6.45) is 7.58. The van der Waals surface area contributed by atoms with Gasteiger partial charge in [0.05, 0.1) is 11.6 Å². The Labute approximate surface area is 199 Å². The zero-order valence-electron chi connectivity index (χ0n) is 21.4. The van der Waals surface area contributed by atoms with E-state index in [0.717, 1.165) is 56.2 Å². The van der Waals surface area contributed by atoms with E-state index in [9.17, 15) is 14.7 Å². The molecule has 1 heterocycles. The van der Waals surface area contributed by atoms with Crippen LogP contribution in [0, 0.1) is 17.3 Å². The van der Waals surface area contributed by atoms with Crippen LogP contribution in [0.2, 0.25) is 0 Å². The molecule has 1 spiro atoms. The first-order chi connectivity index (χ1) is 15.5. The number of aromatic carboxylic acids is 1. The quantitative estimate of drug-likeness (QED) is 0.465. The number of aliphatic imine (C=N–C) groups is 1. The van der Waals surface area contributed by atoms with Gasteiger partial charge in [0.1, 0.15) is 11.4 Å². The first kappa shape index (κ1) is 25.5. The van der Waals surface area contributed by atoms with Crippen molar-refractivity contribution in [1.82, 2.24) is 4.90 Å². The maximum Gasteiger partial charge on any atom is 0.335 e. The molecule has 5 heteroatoms. The molecule has 0 aromatic heterocycles. The number of benzene rings is 1. The van der Waals surface area contributed by atoms with Crippen molar-refractivity contribution in [3.05, 3.63) is 35.4 Å². The molecule has 1 aliphatic carbocycles. The predicted molar refractivity (Wildman–Crippen MR) is 134 cm³/mol. The molecule has 1 amide bonds. The van der Waals surface area contributed by atoms with E-state index >= 15 is 0 Å². The van der Waals surface area contributed by atoms with E-state index in [1.807, 2.05) is 12.1 Å². The van der Waals surface area contributed by atoms with Crippen molar-refractivity contribution in [2.75, 3.05) is 0 Å². The van der Waals surface area contributed by atoms with E-state index < -0.39 is 11.6 Å². The number of rotatable bonds is 8. The summed E-state index contributed by atoms with van der Waals surface area (Å²) in [5.41, 5.74) is 1.81. The van der Waals surface area contributed by atoms with Crippen LogP contribution in [0.15, 0.2) is 29.3 Å². The summed E-state index contributed by atoms with van der Waals surface area (Å²) in [4.78, 5) is 32.5. The fraction of sp³-hybridized carbons (Fsp3) is 0.679. The molecule has 1 saturated carbocycles. The van der Waals surface area contributed by atoms with Crippen molar-refractivity contribution in [3.8, 4) is 0 Å². The molecule has 0 unspecified atom stereocenters. The molecule has 33 heavy (non-hydrogen) atoms. The summed E-state index contributed by atoms with van der Waals surface area (Å²) in [5, 5.41) is 9.33. The second kappa shape index (κ2) is 9.99. The Kier molecular flexibility index (Phi) is 7.70. The number of carbonyl (C=O) groups excluding carboxylic acids is 1. The van der Waals surface area contributed by atoms with E-state index in [-0.39, 0.29) is 22.9 Å². The summed E-state index contributed by atoms with van der Waals surface area (Å²) < 4.78 is 0. The lowest BCUT2D eigenvalue weighted by Gasteiger charge is -2.47. The third-order valence-corrected chi connectivity index (χ3v) is 7.56. The number of hydrogen-bond acceptors (Lipinski definition) is 3. The highest BCUT2D eigenvalue weighted by atomic mass is 16.4. The number of carbonyl (C=O) groups is 2. The first-order valence-electron chi connectivity index (χ1n) is 12.7. The van der Waals surface area contributed by atoms with Crippen LogP contribution in [0.5, 0.6) is 0 Å². The number of hydrogen-bond donors (Lipinski definition) is 1. The first-order valence-corrected chi connectivity index (χ1v) is 12.7. The lowest BCUT2D eigenvalue weighted by atomic mass is 9.69. The average Bonchev–Trinajstić information content (AvgIpc) is 2.99. The maximum atomic E-state index is 13.8. The molecule has 0 saturated heterocycles. The predicted octanol–water partition coefficient (Wildman–Crippen LogP) is 6.88. The molecule has 1 aromatic rings. The van der Waals surface area contributed by atoms with Gasteiger partial charge in [0, 0.05) is 0 Å². The molecule has 0 bridgehead atoms. The summed E-state index contributed by atoms with van der Waals surface area (Å²) in [5.74, 6) is 0.165. The van der Waals surface area contributed by atoms with Gasteiger partial charge in [-0.3, -0.25) is 9.79 Å². The smallest absolute Gasteiger partial charge is 0.335 e. The van der Waals surface area contributed by atoms with Crippen molar-refractivity contribution >= 4 is 17.6 Å². The topological polar surface area (TPSA) is 70.0 Å². The lowest BCUT2D eigenvalue weighted by molar-refractivity contribution is -0.134. The zero-order chi connectivity index (χ0) is 24.4. The number of unbranched alkanes of at least 4 members (excludes halogenated alkanes) is 1.